The Hall–Kier alpha value is -2.18. The van der Waals surface area contributed by atoms with Gasteiger partial charge in [0, 0.05) is 12.7 Å². The predicted octanol–water partition coefficient (Wildman–Crippen LogP) is 3.86. The normalized spacial score (nSPS) is 11.8. The number of halogens is 3. The molecule has 0 aromatic heterocycles. The molecule has 0 saturated heterocycles. The average molecular weight is 341 g/mol. The minimum Gasteiger partial charge on any atom is -0.396 e. The molecule has 0 spiro atoms. The summed E-state index contributed by atoms with van der Waals surface area (Å²) in [6, 6.07) is 9.40. The van der Waals surface area contributed by atoms with Gasteiger partial charge in [-0.25, -0.2) is 13.6 Å². The molecule has 0 aliphatic carbocycles. The number of urea groups is 1. The van der Waals surface area contributed by atoms with Gasteiger partial charge in [0.05, 0.1) is 16.8 Å². The lowest BCUT2D eigenvalue weighted by atomic mass is 10.0. The van der Waals surface area contributed by atoms with Gasteiger partial charge >= 0.3 is 6.03 Å². The third-order valence-electron chi connectivity index (χ3n) is 3.17. The molecule has 2 rings (SSSR count). The molecule has 1 atom stereocenters. The zero-order valence-electron chi connectivity index (χ0n) is 12.0. The first-order chi connectivity index (χ1) is 11.0. The highest BCUT2D eigenvalue weighted by molar-refractivity contribution is 6.33. The molecular formula is C16H15ClF2N2O2. The first-order valence-electron chi connectivity index (χ1n) is 6.89. The second kappa shape index (κ2) is 7.89. The summed E-state index contributed by atoms with van der Waals surface area (Å²) in [7, 11) is 0. The van der Waals surface area contributed by atoms with Crippen LogP contribution in [-0.2, 0) is 0 Å². The maximum atomic E-state index is 13.7. The van der Waals surface area contributed by atoms with E-state index in [9.17, 15) is 13.6 Å². The number of nitrogens with one attached hydrogen (secondary N) is 2. The van der Waals surface area contributed by atoms with Gasteiger partial charge in [-0.2, -0.15) is 0 Å². The fraction of sp³-hybridized carbons (Fsp3) is 0.188. The third kappa shape index (κ3) is 4.64. The number of rotatable bonds is 5. The van der Waals surface area contributed by atoms with Crippen molar-refractivity contribution >= 4 is 23.3 Å². The van der Waals surface area contributed by atoms with Crippen LogP contribution in [0, 0.1) is 11.6 Å². The predicted molar refractivity (Wildman–Crippen MR) is 84.4 cm³/mol. The van der Waals surface area contributed by atoms with E-state index in [1.54, 1.807) is 24.3 Å². The van der Waals surface area contributed by atoms with Gasteiger partial charge in [-0.1, -0.05) is 41.9 Å². The molecule has 3 N–H and O–H groups in total. The summed E-state index contributed by atoms with van der Waals surface area (Å²) in [6.07, 6.45) is 0.289. The number of aliphatic hydroxyl groups is 1. The zero-order valence-corrected chi connectivity index (χ0v) is 12.8. The number of carbonyl (C=O) groups is 1. The van der Waals surface area contributed by atoms with Gasteiger partial charge in [0.25, 0.3) is 0 Å². The molecule has 23 heavy (non-hydrogen) atoms. The zero-order chi connectivity index (χ0) is 16.8. The fourth-order valence-electron chi connectivity index (χ4n) is 2.11. The summed E-state index contributed by atoms with van der Waals surface area (Å²) in [5.74, 6) is -1.80. The SMILES string of the molecule is O=C(Nc1c(F)cc(F)cc1Cl)N[C@H](CCO)c1ccccc1. The number of carbonyl (C=O) groups excluding carboxylic acids is 1. The Morgan fingerprint density at radius 3 is 2.52 bits per heavy atom. The molecule has 7 heteroatoms. The molecule has 4 nitrogen and oxygen atoms in total. The van der Waals surface area contributed by atoms with Crippen LogP contribution in [0.5, 0.6) is 0 Å². The number of aliphatic hydroxyl groups excluding tert-OH is 1. The standard InChI is InChI=1S/C16H15ClF2N2O2/c17-12-8-11(18)9-13(19)15(12)21-16(23)20-14(6-7-22)10-4-2-1-3-5-10/h1-5,8-9,14,22H,6-7H2,(H2,20,21,23)/t14-/m1/s1. The Bertz CT molecular complexity index is 660. The summed E-state index contributed by atoms with van der Waals surface area (Å²) in [5, 5.41) is 13.8. The molecule has 122 valence electrons. The van der Waals surface area contributed by atoms with Crippen LogP contribution < -0.4 is 10.6 Å². The third-order valence-corrected chi connectivity index (χ3v) is 3.47. The van der Waals surface area contributed by atoms with Crippen molar-refractivity contribution in [2.45, 2.75) is 12.5 Å². The summed E-state index contributed by atoms with van der Waals surface area (Å²) in [5.41, 5.74) is 0.490. The second-order valence-corrected chi connectivity index (χ2v) is 5.23. The van der Waals surface area contributed by atoms with Gasteiger partial charge < -0.3 is 15.7 Å². The van der Waals surface area contributed by atoms with Gasteiger partial charge in [0.2, 0.25) is 0 Å². The van der Waals surface area contributed by atoms with E-state index in [0.29, 0.717) is 6.07 Å². The Morgan fingerprint density at radius 2 is 1.91 bits per heavy atom. The summed E-state index contributed by atoms with van der Waals surface area (Å²) in [6.45, 7) is -0.133. The number of hydrogen-bond acceptors (Lipinski definition) is 2. The molecule has 0 bridgehead atoms. The van der Waals surface area contributed by atoms with Gasteiger partial charge in [-0.3, -0.25) is 0 Å². The maximum absolute atomic E-state index is 13.7. The highest BCUT2D eigenvalue weighted by Gasteiger charge is 2.17. The van der Waals surface area contributed by atoms with Gasteiger partial charge in [-0.05, 0) is 18.1 Å². The smallest absolute Gasteiger partial charge is 0.319 e. The molecule has 0 aliphatic heterocycles. The van der Waals surface area contributed by atoms with Crippen molar-refractivity contribution in [2.24, 2.45) is 0 Å². The van der Waals surface area contributed by atoms with Crippen LogP contribution in [0.15, 0.2) is 42.5 Å². The second-order valence-electron chi connectivity index (χ2n) is 4.82. The maximum Gasteiger partial charge on any atom is 0.319 e. The van der Waals surface area contributed by atoms with Crippen molar-refractivity contribution < 1.29 is 18.7 Å². The van der Waals surface area contributed by atoms with Gasteiger partial charge in [0.1, 0.15) is 5.82 Å². The van der Waals surface area contributed by atoms with E-state index in [1.165, 1.54) is 0 Å². The van der Waals surface area contributed by atoms with Crippen molar-refractivity contribution in [3.05, 3.63) is 64.7 Å². The Balaban J connectivity index is 2.11. The van der Waals surface area contributed by atoms with Crippen molar-refractivity contribution in [3.8, 4) is 0 Å². The molecular weight excluding hydrogens is 326 g/mol. The van der Waals surface area contributed by atoms with Crippen molar-refractivity contribution in [1.82, 2.24) is 5.32 Å². The molecule has 0 aliphatic rings. The average Bonchev–Trinajstić information content (AvgIpc) is 2.51. The van der Waals surface area contributed by atoms with Crippen LogP contribution >= 0.6 is 11.6 Å². The van der Waals surface area contributed by atoms with E-state index in [0.717, 1.165) is 11.6 Å². The number of anilines is 1. The summed E-state index contributed by atoms with van der Waals surface area (Å²) < 4.78 is 26.7. The van der Waals surface area contributed by atoms with Gasteiger partial charge in [-0.15, -0.1) is 0 Å². The molecule has 2 aromatic carbocycles. The first-order valence-corrected chi connectivity index (χ1v) is 7.27. The van der Waals surface area contributed by atoms with E-state index >= 15 is 0 Å². The quantitative estimate of drug-likeness (QED) is 0.774. The van der Waals surface area contributed by atoms with Crippen LogP contribution in [0.1, 0.15) is 18.0 Å². The molecule has 2 aromatic rings. The van der Waals surface area contributed by atoms with Crippen LogP contribution in [-0.4, -0.2) is 17.7 Å². The highest BCUT2D eigenvalue weighted by Crippen LogP contribution is 2.26. The van der Waals surface area contributed by atoms with Crippen LogP contribution in [0.25, 0.3) is 0 Å². The van der Waals surface area contributed by atoms with Crippen LogP contribution in [0.4, 0.5) is 19.3 Å². The lowest BCUT2D eigenvalue weighted by Crippen LogP contribution is -2.33. The lowest BCUT2D eigenvalue weighted by molar-refractivity contribution is 0.239. The summed E-state index contributed by atoms with van der Waals surface area (Å²) in [4.78, 5) is 12.0. The van der Waals surface area contributed by atoms with Gasteiger partial charge in [0.15, 0.2) is 5.82 Å². The molecule has 0 heterocycles. The van der Waals surface area contributed by atoms with E-state index in [2.05, 4.69) is 10.6 Å². The molecule has 0 fully saturated rings. The van der Waals surface area contributed by atoms with Crippen molar-refractivity contribution in [1.29, 1.82) is 0 Å². The lowest BCUT2D eigenvalue weighted by Gasteiger charge is -2.19. The Labute approximate surface area is 137 Å². The molecule has 2 amide bonds. The minimum atomic E-state index is -0.969. The Morgan fingerprint density at radius 1 is 1.22 bits per heavy atom. The van der Waals surface area contributed by atoms with Crippen LogP contribution in [0.2, 0.25) is 5.02 Å². The van der Waals surface area contributed by atoms with Crippen molar-refractivity contribution in [3.63, 3.8) is 0 Å². The van der Waals surface area contributed by atoms with E-state index in [4.69, 9.17) is 16.7 Å². The number of benzene rings is 2. The Kier molecular flexibility index (Phi) is 5.90. The van der Waals surface area contributed by atoms with Crippen LogP contribution in [0.3, 0.4) is 0 Å². The first kappa shape index (κ1) is 17.2. The van der Waals surface area contributed by atoms with E-state index in [-0.39, 0.29) is 23.7 Å². The largest absolute Gasteiger partial charge is 0.396 e. The molecule has 0 radical (unpaired) electrons. The number of hydrogen-bond donors (Lipinski definition) is 3. The highest BCUT2D eigenvalue weighted by atomic mass is 35.5. The topological polar surface area (TPSA) is 61.4 Å². The minimum absolute atomic E-state index is 0.133. The molecule has 0 unspecified atom stereocenters. The summed E-state index contributed by atoms with van der Waals surface area (Å²) >= 11 is 5.73. The van der Waals surface area contributed by atoms with E-state index < -0.39 is 23.7 Å². The van der Waals surface area contributed by atoms with Crippen molar-refractivity contribution in [2.75, 3.05) is 11.9 Å². The number of amides is 2. The monoisotopic (exact) mass is 340 g/mol. The van der Waals surface area contributed by atoms with E-state index in [1.807, 2.05) is 6.07 Å². The fourth-order valence-corrected chi connectivity index (χ4v) is 2.35. The molecule has 0 saturated carbocycles.